The molecule has 1 heterocycles. The summed E-state index contributed by atoms with van der Waals surface area (Å²) in [5, 5.41) is 1.49. The van der Waals surface area contributed by atoms with Gasteiger partial charge < -0.3 is 4.98 Å². The quantitative estimate of drug-likeness (QED) is 0.453. The van der Waals surface area contributed by atoms with Gasteiger partial charge in [0.25, 0.3) is 0 Å². The second-order valence-electron chi connectivity index (χ2n) is 7.30. The van der Waals surface area contributed by atoms with Crippen molar-refractivity contribution >= 4 is 13.3 Å². The molecule has 1 aromatic carbocycles. The topological polar surface area (TPSA) is 12.9 Å². The van der Waals surface area contributed by atoms with Crippen LogP contribution in [-0.2, 0) is 26.5 Å². The van der Waals surface area contributed by atoms with Gasteiger partial charge in [-0.15, -0.1) is 35.4 Å². The maximum absolute atomic E-state index is 4.75. The van der Waals surface area contributed by atoms with Crippen LogP contribution < -0.4 is 5.19 Å². The van der Waals surface area contributed by atoms with Gasteiger partial charge >= 0.3 is 0 Å². The zero-order valence-corrected chi connectivity index (χ0v) is 17.8. The van der Waals surface area contributed by atoms with E-state index in [2.05, 4.69) is 64.8 Å². The molecule has 2 aromatic rings. The van der Waals surface area contributed by atoms with E-state index in [9.17, 15) is 0 Å². The van der Waals surface area contributed by atoms with Crippen molar-refractivity contribution in [2.45, 2.75) is 46.8 Å². The molecule has 1 nitrogen and oxygen atoms in total. The summed E-state index contributed by atoms with van der Waals surface area (Å²) < 4.78 is 0. The molecular weight excluding hydrogens is 463 g/mol. The fourth-order valence-corrected chi connectivity index (χ4v) is 4.30. The molecule has 0 N–H and O–H groups in total. The average Bonchev–Trinajstić information content (AvgIpc) is 2.37. The first-order valence-corrected chi connectivity index (χ1v) is 11.3. The molecule has 0 aliphatic carbocycles. The molecule has 0 aliphatic rings. The van der Waals surface area contributed by atoms with Gasteiger partial charge in [0, 0.05) is 26.3 Å². The summed E-state index contributed by atoms with van der Waals surface area (Å²) in [6, 6.07) is 11.8. The molecule has 2 rings (SSSR count). The minimum atomic E-state index is -1.35. The van der Waals surface area contributed by atoms with Crippen molar-refractivity contribution in [3.05, 3.63) is 47.7 Å². The first-order chi connectivity index (χ1) is 9.79. The number of hydrogen-bond acceptors (Lipinski definition) is 1. The minimum absolute atomic E-state index is 0. The second kappa shape index (κ2) is 7.67. The van der Waals surface area contributed by atoms with Gasteiger partial charge in [0.05, 0.1) is 8.07 Å². The van der Waals surface area contributed by atoms with Crippen LogP contribution in [0.15, 0.2) is 30.5 Å². The SMILES string of the molecule is Cc1ccc[c-]c1-c1cc(CC(C)C)c([Si](C)(C)C)cn1.[Ir]. The number of nitrogens with zero attached hydrogens (tertiary/aromatic N) is 1. The van der Waals surface area contributed by atoms with Crippen molar-refractivity contribution in [1.29, 1.82) is 0 Å². The largest absolute Gasteiger partial charge is 0.305 e. The molecule has 0 saturated heterocycles. The van der Waals surface area contributed by atoms with E-state index in [4.69, 9.17) is 4.98 Å². The molecule has 0 atom stereocenters. The Morgan fingerprint density at radius 1 is 1.23 bits per heavy atom. The van der Waals surface area contributed by atoms with Gasteiger partial charge in [0.2, 0.25) is 0 Å². The molecular formula is C19H26IrNSi-. The van der Waals surface area contributed by atoms with E-state index >= 15 is 0 Å². The smallest absolute Gasteiger partial charge is 0.0798 e. The number of benzene rings is 1. The number of pyridine rings is 1. The molecule has 0 bridgehead atoms. The van der Waals surface area contributed by atoms with Crippen molar-refractivity contribution in [2.75, 3.05) is 0 Å². The van der Waals surface area contributed by atoms with Crippen LogP contribution in [0.25, 0.3) is 11.3 Å². The maximum Gasteiger partial charge on any atom is 0.0798 e. The minimum Gasteiger partial charge on any atom is -0.305 e. The standard InChI is InChI=1S/C19H26NSi.Ir/c1-14(2)11-16-12-18(17-10-8-7-9-15(17)3)20-13-19(16)21(4,5)6;/h7-9,12-14H,11H2,1-6H3;/q-1;. The van der Waals surface area contributed by atoms with Gasteiger partial charge in [-0.05, 0) is 23.2 Å². The van der Waals surface area contributed by atoms with Crippen LogP contribution in [-0.4, -0.2) is 13.1 Å². The Balaban J connectivity index is 0.00000242. The van der Waals surface area contributed by atoms with Crippen LogP contribution >= 0.6 is 0 Å². The van der Waals surface area contributed by atoms with E-state index in [1.54, 1.807) is 0 Å². The van der Waals surface area contributed by atoms with Gasteiger partial charge in [-0.1, -0.05) is 52.0 Å². The Morgan fingerprint density at radius 3 is 2.45 bits per heavy atom. The van der Waals surface area contributed by atoms with Crippen molar-refractivity contribution in [3.8, 4) is 11.3 Å². The normalized spacial score (nSPS) is 11.4. The van der Waals surface area contributed by atoms with E-state index in [0.717, 1.165) is 17.7 Å². The van der Waals surface area contributed by atoms with Crippen molar-refractivity contribution in [1.82, 2.24) is 4.98 Å². The summed E-state index contributed by atoms with van der Waals surface area (Å²) in [5.74, 6) is 0.663. The fourth-order valence-electron chi connectivity index (χ4n) is 2.71. The third-order valence-electron chi connectivity index (χ3n) is 3.75. The van der Waals surface area contributed by atoms with Crippen LogP contribution in [0.4, 0.5) is 0 Å². The Bertz CT molecular complexity index is 630. The summed E-state index contributed by atoms with van der Waals surface area (Å²) in [6.45, 7) is 13.9. The van der Waals surface area contributed by atoms with E-state index in [0.29, 0.717) is 5.92 Å². The summed E-state index contributed by atoms with van der Waals surface area (Å²) in [7, 11) is -1.35. The van der Waals surface area contributed by atoms with E-state index in [1.807, 2.05) is 12.1 Å². The molecule has 3 heteroatoms. The van der Waals surface area contributed by atoms with Crippen molar-refractivity contribution < 1.29 is 20.1 Å². The van der Waals surface area contributed by atoms with Gasteiger partial charge in [0.15, 0.2) is 0 Å². The first kappa shape index (κ1) is 19.3. The predicted molar refractivity (Wildman–Crippen MR) is 94.8 cm³/mol. The Labute approximate surface area is 149 Å². The van der Waals surface area contributed by atoms with Crippen LogP contribution in [0.1, 0.15) is 25.0 Å². The number of aromatic nitrogens is 1. The van der Waals surface area contributed by atoms with Crippen molar-refractivity contribution in [2.24, 2.45) is 5.92 Å². The van der Waals surface area contributed by atoms with Crippen molar-refractivity contribution in [3.63, 3.8) is 0 Å². The second-order valence-corrected chi connectivity index (χ2v) is 12.3. The monoisotopic (exact) mass is 489 g/mol. The molecule has 1 aromatic heterocycles. The Kier molecular flexibility index (Phi) is 6.73. The van der Waals surface area contributed by atoms with Crippen LogP contribution in [0.2, 0.25) is 19.6 Å². The number of hydrogen-bond donors (Lipinski definition) is 0. The van der Waals surface area contributed by atoms with Crippen LogP contribution in [0.3, 0.4) is 0 Å². The fraction of sp³-hybridized carbons (Fsp3) is 0.421. The van der Waals surface area contributed by atoms with E-state index in [1.165, 1.54) is 16.3 Å². The Morgan fingerprint density at radius 2 is 1.91 bits per heavy atom. The molecule has 1 radical (unpaired) electrons. The summed E-state index contributed by atoms with van der Waals surface area (Å²) in [4.78, 5) is 4.75. The average molecular weight is 489 g/mol. The molecule has 0 saturated carbocycles. The van der Waals surface area contributed by atoms with Gasteiger partial charge in [-0.2, -0.15) is 0 Å². The Hall–Kier alpha value is -0.764. The zero-order valence-electron chi connectivity index (χ0n) is 14.5. The summed E-state index contributed by atoms with van der Waals surface area (Å²) in [5.41, 5.74) is 4.91. The molecule has 0 aliphatic heterocycles. The van der Waals surface area contributed by atoms with Gasteiger partial charge in [0.1, 0.15) is 0 Å². The zero-order chi connectivity index (χ0) is 15.6. The number of rotatable bonds is 4. The van der Waals surface area contributed by atoms with Crippen LogP contribution in [0.5, 0.6) is 0 Å². The summed E-state index contributed by atoms with van der Waals surface area (Å²) in [6.07, 6.45) is 3.25. The maximum atomic E-state index is 4.75. The molecule has 22 heavy (non-hydrogen) atoms. The molecule has 0 fully saturated rings. The molecule has 0 unspecified atom stereocenters. The third-order valence-corrected chi connectivity index (χ3v) is 5.81. The van der Waals surface area contributed by atoms with E-state index in [-0.39, 0.29) is 20.1 Å². The third kappa shape index (κ3) is 4.61. The van der Waals surface area contributed by atoms with Gasteiger partial charge in [-0.3, -0.25) is 0 Å². The summed E-state index contributed by atoms with van der Waals surface area (Å²) >= 11 is 0. The molecule has 121 valence electrons. The number of aryl methyl sites for hydroxylation is 1. The molecule has 0 amide bonds. The van der Waals surface area contributed by atoms with Crippen LogP contribution in [0, 0.1) is 18.9 Å². The predicted octanol–water partition coefficient (Wildman–Crippen LogP) is 4.60. The first-order valence-electron chi connectivity index (χ1n) is 7.76. The molecule has 0 spiro atoms. The van der Waals surface area contributed by atoms with Gasteiger partial charge in [-0.25, -0.2) is 0 Å². The van der Waals surface area contributed by atoms with E-state index < -0.39 is 8.07 Å².